The zero-order chi connectivity index (χ0) is 19.8. The number of nitrogens with zero attached hydrogens (tertiary/aromatic N) is 1. The molecule has 1 aromatic rings. The van der Waals surface area contributed by atoms with Gasteiger partial charge in [-0.1, -0.05) is 6.07 Å². The van der Waals surface area contributed by atoms with E-state index in [4.69, 9.17) is 9.47 Å². The van der Waals surface area contributed by atoms with Gasteiger partial charge in [0.25, 0.3) is 0 Å². The van der Waals surface area contributed by atoms with E-state index >= 15 is 0 Å². The van der Waals surface area contributed by atoms with Crippen LogP contribution in [0.25, 0.3) is 0 Å². The van der Waals surface area contributed by atoms with E-state index in [9.17, 15) is 26.4 Å². The van der Waals surface area contributed by atoms with Crippen LogP contribution in [0.1, 0.15) is 5.56 Å². The summed E-state index contributed by atoms with van der Waals surface area (Å²) in [5.41, 5.74) is -1.09. The van der Waals surface area contributed by atoms with Crippen molar-refractivity contribution >= 4 is 15.9 Å². The molecular formula is C15H21F3N2O5S. The summed E-state index contributed by atoms with van der Waals surface area (Å²) in [6.45, 7) is 0.353. The number of carbonyl (C=O) groups is 1. The van der Waals surface area contributed by atoms with Crippen LogP contribution < -0.4 is 4.72 Å². The molecule has 0 unspecified atom stereocenters. The van der Waals surface area contributed by atoms with E-state index in [1.807, 2.05) is 4.72 Å². The Morgan fingerprint density at radius 1 is 1.15 bits per heavy atom. The van der Waals surface area contributed by atoms with Crippen LogP contribution in [0.4, 0.5) is 13.2 Å². The Morgan fingerprint density at radius 2 is 1.73 bits per heavy atom. The Balaban J connectivity index is 2.81. The highest BCUT2D eigenvalue weighted by Gasteiger charge is 2.31. The summed E-state index contributed by atoms with van der Waals surface area (Å²) in [6.07, 6.45) is -4.67. The quantitative estimate of drug-likeness (QED) is 0.638. The lowest BCUT2D eigenvalue weighted by molar-refractivity contribution is -0.137. The highest BCUT2D eigenvalue weighted by Crippen LogP contribution is 2.30. The summed E-state index contributed by atoms with van der Waals surface area (Å²) in [6, 6.07) is 3.29. The van der Waals surface area contributed by atoms with E-state index in [-0.39, 0.29) is 26.3 Å². The molecule has 26 heavy (non-hydrogen) atoms. The molecule has 11 heteroatoms. The molecule has 0 fully saturated rings. The summed E-state index contributed by atoms with van der Waals surface area (Å²) >= 11 is 0. The monoisotopic (exact) mass is 398 g/mol. The summed E-state index contributed by atoms with van der Waals surface area (Å²) in [4.78, 5) is 12.9. The molecule has 0 saturated heterocycles. The Hall–Kier alpha value is -1.69. The Bertz CT molecular complexity index is 687. The third-order valence-electron chi connectivity index (χ3n) is 3.37. The average molecular weight is 398 g/mol. The molecule has 0 aliphatic carbocycles. The van der Waals surface area contributed by atoms with Crippen molar-refractivity contribution in [3.63, 3.8) is 0 Å². The lowest BCUT2D eigenvalue weighted by Crippen LogP contribution is -2.43. The molecule has 0 aromatic heterocycles. The highest BCUT2D eigenvalue weighted by atomic mass is 32.2. The first kappa shape index (κ1) is 22.4. The molecule has 1 rings (SSSR count). The number of methoxy groups -OCH3 is 2. The van der Waals surface area contributed by atoms with Gasteiger partial charge in [-0.05, 0) is 18.2 Å². The molecule has 0 bridgehead atoms. The second-order valence-corrected chi connectivity index (χ2v) is 6.98. The SMILES string of the molecule is COCCN(CCOC)C(=O)CNS(=O)(=O)c1cccc(C(F)(F)F)c1. The first-order valence-corrected chi connectivity index (χ1v) is 9.02. The molecular weight excluding hydrogens is 377 g/mol. The van der Waals surface area contributed by atoms with E-state index < -0.39 is 39.1 Å². The molecule has 0 aliphatic rings. The zero-order valence-electron chi connectivity index (χ0n) is 14.4. The molecule has 148 valence electrons. The normalized spacial score (nSPS) is 12.2. The number of rotatable bonds is 10. The summed E-state index contributed by atoms with van der Waals surface area (Å²) in [5.74, 6) is -0.547. The van der Waals surface area contributed by atoms with Gasteiger partial charge in [0.1, 0.15) is 0 Å². The first-order chi connectivity index (χ1) is 12.1. The predicted molar refractivity (Wildman–Crippen MR) is 87.0 cm³/mol. The summed E-state index contributed by atoms with van der Waals surface area (Å²) in [7, 11) is -1.37. The van der Waals surface area contributed by atoms with Crippen molar-refractivity contribution in [2.24, 2.45) is 0 Å². The van der Waals surface area contributed by atoms with Gasteiger partial charge in [0.15, 0.2) is 0 Å². The van der Waals surface area contributed by atoms with Gasteiger partial charge in [0, 0.05) is 27.3 Å². The van der Waals surface area contributed by atoms with Crippen molar-refractivity contribution in [3.05, 3.63) is 29.8 Å². The Kier molecular flexibility index (Phi) is 8.47. The van der Waals surface area contributed by atoms with E-state index in [1.165, 1.54) is 19.1 Å². The molecule has 0 heterocycles. The second kappa shape index (κ2) is 9.86. The molecule has 7 nitrogen and oxygen atoms in total. The smallest absolute Gasteiger partial charge is 0.383 e. The van der Waals surface area contributed by atoms with Crippen molar-refractivity contribution in [3.8, 4) is 0 Å². The average Bonchev–Trinajstić information content (AvgIpc) is 2.59. The molecule has 1 N–H and O–H groups in total. The molecule has 0 spiro atoms. The highest BCUT2D eigenvalue weighted by molar-refractivity contribution is 7.89. The van der Waals surface area contributed by atoms with Crippen LogP contribution >= 0.6 is 0 Å². The van der Waals surface area contributed by atoms with E-state index in [0.29, 0.717) is 6.07 Å². The van der Waals surface area contributed by atoms with E-state index in [2.05, 4.69) is 0 Å². The fraction of sp³-hybridized carbons (Fsp3) is 0.533. The van der Waals surface area contributed by atoms with Crippen molar-refractivity contribution in [1.82, 2.24) is 9.62 Å². The van der Waals surface area contributed by atoms with Gasteiger partial charge in [-0.15, -0.1) is 0 Å². The number of benzene rings is 1. The van der Waals surface area contributed by atoms with Crippen LogP contribution in [-0.4, -0.2) is 66.3 Å². The summed E-state index contributed by atoms with van der Waals surface area (Å²) in [5, 5.41) is 0. The molecule has 0 atom stereocenters. The molecule has 0 radical (unpaired) electrons. The minimum atomic E-state index is -4.67. The van der Waals surface area contributed by atoms with Crippen LogP contribution in [0.5, 0.6) is 0 Å². The summed E-state index contributed by atoms with van der Waals surface area (Å²) < 4.78 is 74.3. The zero-order valence-corrected chi connectivity index (χ0v) is 15.2. The van der Waals surface area contributed by atoms with E-state index in [0.717, 1.165) is 18.2 Å². The van der Waals surface area contributed by atoms with Crippen LogP contribution in [0.15, 0.2) is 29.2 Å². The van der Waals surface area contributed by atoms with Gasteiger partial charge >= 0.3 is 6.18 Å². The van der Waals surface area contributed by atoms with Gasteiger partial charge in [0.05, 0.1) is 30.2 Å². The largest absolute Gasteiger partial charge is 0.416 e. The Labute approximate surface area is 150 Å². The van der Waals surface area contributed by atoms with Gasteiger partial charge in [0.2, 0.25) is 15.9 Å². The maximum atomic E-state index is 12.7. The number of amides is 1. The number of alkyl halides is 3. The number of ether oxygens (including phenoxy) is 2. The van der Waals surface area contributed by atoms with Gasteiger partial charge in [-0.3, -0.25) is 4.79 Å². The maximum absolute atomic E-state index is 12.7. The van der Waals surface area contributed by atoms with Gasteiger partial charge in [-0.2, -0.15) is 13.2 Å². The minimum absolute atomic E-state index is 0.226. The molecule has 1 amide bonds. The van der Waals surface area contributed by atoms with Crippen molar-refractivity contribution < 1.29 is 35.9 Å². The van der Waals surface area contributed by atoms with Crippen LogP contribution in [0, 0.1) is 0 Å². The number of nitrogens with one attached hydrogen (secondary N) is 1. The molecule has 0 aliphatic heterocycles. The molecule has 0 saturated carbocycles. The van der Waals surface area contributed by atoms with Gasteiger partial charge < -0.3 is 14.4 Å². The van der Waals surface area contributed by atoms with Crippen LogP contribution in [0.3, 0.4) is 0 Å². The van der Waals surface area contributed by atoms with E-state index in [1.54, 1.807) is 0 Å². The van der Waals surface area contributed by atoms with Crippen LogP contribution in [-0.2, 0) is 30.5 Å². The topological polar surface area (TPSA) is 84.9 Å². The third kappa shape index (κ3) is 6.90. The maximum Gasteiger partial charge on any atom is 0.416 e. The van der Waals surface area contributed by atoms with Crippen molar-refractivity contribution in [2.45, 2.75) is 11.1 Å². The second-order valence-electron chi connectivity index (χ2n) is 5.22. The number of hydrogen-bond acceptors (Lipinski definition) is 5. The first-order valence-electron chi connectivity index (χ1n) is 7.54. The lowest BCUT2D eigenvalue weighted by atomic mass is 10.2. The fourth-order valence-electron chi connectivity index (χ4n) is 1.96. The van der Waals surface area contributed by atoms with Crippen molar-refractivity contribution in [1.29, 1.82) is 0 Å². The lowest BCUT2D eigenvalue weighted by Gasteiger charge is -2.22. The standard InChI is InChI=1S/C15H21F3N2O5S/c1-24-8-6-20(7-9-25-2)14(21)11-19-26(22,23)13-5-3-4-12(10-13)15(16,17)18/h3-5,10,19H,6-9,11H2,1-2H3. The minimum Gasteiger partial charge on any atom is -0.383 e. The number of halogens is 3. The number of carbonyl (C=O) groups excluding carboxylic acids is 1. The fourth-order valence-corrected chi connectivity index (χ4v) is 2.98. The molecule has 1 aromatic carbocycles. The van der Waals surface area contributed by atoms with Crippen molar-refractivity contribution in [2.75, 3.05) is 47.1 Å². The third-order valence-corrected chi connectivity index (χ3v) is 4.77. The predicted octanol–water partition coefficient (Wildman–Crippen LogP) is 1.11. The van der Waals surface area contributed by atoms with Gasteiger partial charge in [-0.25, -0.2) is 13.1 Å². The Morgan fingerprint density at radius 3 is 2.23 bits per heavy atom. The number of sulfonamides is 1. The van der Waals surface area contributed by atoms with Crippen LogP contribution in [0.2, 0.25) is 0 Å². The number of hydrogen-bond donors (Lipinski definition) is 1.